The van der Waals surface area contributed by atoms with Crippen molar-refractivity contribution in [2.45, 2.75) is 0 Å². The fourth-order valence-electron chi connectivity index (χ4n) is 8.26. The van der Waals surface area contributed by atoms with Gasteiger partial charge >= 0.3 is 0 Å². The van der Waals surface area contributed by atoms with Gasteiger partial charge in [-0.05, 0) is 116 Å². The smallest absolute Gasteiger partial charge is 0.101 e. The zero-order valence-electron chi connectivity index (χ0n) is 36.9. The first-order chi connectivity index (χ1) is 31.3. The summed E-state index contributed by atoms with van der Waals surface area (Å²) in [5.74, 6) is 0. The molecule has 0 spiro atoms. The van der Waals surface area contributed by atoms with Gasteiger partial charge in [0.25, 0.3) is 0 Å². The van der Waals surface area contributed by atoms with Gasteiger partial charge in [0, 0.05) is 32.7 Å². The van der Waals surface area contributed by atoms with Gasteiger partial charge in [-0.15, -0.1) is 11.3 Å². The molecule has 0 aliphatic carbocycles. The van der Waals surface area contributed by atoms with Crippen LogP contribution in [-0.2, 0) is 0 Å². The number of hydrogen-bond acceptors (Lipinski definition) is 2. The van der Waals surface area contributed by atoms with E-state index in [-0.39, 0.29) is 29.7 Å². The number of hydrogen-bond donors (Lipinski definition) is 0. The lowest BCUT2D eigenvalue weighted by Gasteiger charge is -2.24. The standard InChI is InChI=1S/C56H38N2S/c1-4-12-39(13-5-1)41-24-30-48(31-25-41)57(49-32-26-42(27-33-49)40-14-6-2-7-15-40)55-37-36-54(59-55)45-22-20-43(21-23-45)46-29-34-52-51(38-46)56-50-19-11-10-16-44(50)28-35-53(56)58(52)47-17-8-3-9-18-47/h1-38H/i1D,4D,5D,12D,13D. The van der Waals surface area contributed by atoms with E-state index in [1.165, 1.54) is 32.6 Å². The molecule has 0 atom stereocenters. The summed E-state index contributed by atoms with van der Waals surface area (Å²) in [4.78, 5) is 3.32. The summed E-state index contributed by atoms with van der Waals surface area (Å²) < 4.78 is 44.0. The maximum Gasteiger partial charge on any atom is 0.101 e. The van der Waals surface area contributed by atoms with Gasteiger partial charge in [-0.25, -0.2) is 0 Å². The van der Waals surface area contributed by atoms with Crippen molar-refractivity contribution < 1.29 is 6.85 Å². The Balaban J connectivity index is 0.954. The minimum absolute atomic E-state index is 0.186. The fourth-order valence-corrected chi connectivity index (χ4v) is 9.32. The molecule has 0 amide bonds. The molecule has 2 nitrogen and oxygen atoms in total. The zero-order chi connectivity index (χ0) is 43.5. The van der Waals surface area contributed by atoms with Crippen molar-refractivity contribution >= 4 is 60.3 Å². The van der Waals surface area contributed by atoms with Crippen LogP contribution in [0.5, 0.6) is 0 Å². The van der Waals surface area contributed by atoms with Crippen LogP contribution < -0.4 is 4.90 Å². The molecule has 9 aromatic carbocycles. The molecule has 11 rings (SSSR count). The summed E-state index contributed by atoms with van der Waals surface area (Å²) >= 11 is 1.69. The molecule has 0 saturated carbocycles. The Kier molecular flexibility index (Phi) is 7.46. The predicted octanol–water partition coefficient (Wildman–Crippen LogP) is 16.1. The molecule has 0 unspecified atom stereocenters. The first-order valence-corrected chi connectivity index (χ1v) is 20.5. The van der Waals surface area contributed by atoms with Gasteiger partial charge in [0.15, 0.2) is 0 Å². The number of aromatic nitrogens is 1. The highest BCUT2D eigenvalue weighted by atomic mass is 32.1. The minimum Gasteiger partial charge on any atom is -0.309 e. The molecule has 0 aliphatic rings. The molecule has 0 saturated heterocycles. The summed E-state index contributed by atoms with van der Waals surface area (Å²) in [5, 5.41) is 5.95. The van der Waals surface area contributed by atoms with Crippen molar-refractivity contribution in [3.05, 3.63) is 230 Å². The third-order valence-electron chi connectivity index (χ3n) is 11.1. The lowest BCUT2D eigenvalue weighted by Crippen LogP contribution is -2.08. The van der Waals surface area contributed by atoms with Crippen LogP contribution in [0.1, 0.15) is 6.85 Å². The molecule has 3 heteroatoms. The van der Waals surface area contributed by atoms with Gasteiger partial charge in [-0.1, -0.05) is 164 Å². The van der Waals surface area contributed by atoms with E-state index in [1.54, 1.807) is 11.3 Å². The molecular weight excluding hydrogens is 733 g/mol. The van der Waals surface area contributed by atoms with Crippen molar-refractivity contribution in [3.8, 4) is 49.5 Å². The lowest BCUT2D eigenvalue weighted by atomic mass is 9.99. The maximum atomic E-state index is 8.55. The Morgan fingerprint density at radius 1 is 0.407 bits per heavy atom. The monoisotopic (exact) mass is 775 g/mol. The van der Waals surface area contributed by atoms with Crippen molar-refractivity contribution in [1.82, 2.24) is 4.57 Å². The fraction of sp³-hybridized carbons (Fsp3) is 0. The number of nitrogens with zero attached hydrogens (tertiary/aromatic N) is 2. The van der Waals surface area contributed by atoms with Crippen LogP contribution in [0.25, 0.3) is 82.1 Å². The van der Waals surface area contributed by atoms with Crippen molar-refractivity contribution in [3.63, 3.8) is 0 Å². The van der Waals surface area contributed by atoms with Gasteiger partial charge in [0.2, 0.25) is 0 Å². The average Bonchev–Trinajstić information content (AvgIpc) is 3.97. The maximum absolute atomic E-state index is 8.55. The molecule has 2 heterocycles. The quantitative estimate of drug-likeness (QED) is 0.149. The number of thiophene rings is 1. The first-order valence-electron chi connectivity index (χ1n) is 22.2. The molecule has 2 aromatic heterocycles. The second-order valence-electron chi connectivity index (χ2n) is 14.6. The predicted molar refractivity (Wildman–Crippen MR) is 253 cm³/mol. The van der Waals surface area contributed by atoms with Gasteiger partial charge in [0.05, 0.1) is 17.9 Å². The molecule has 0 fully saturated rings. The molecule has 0 N–H and O–H groups in total. The van der Waals surface area contributed by atoms with E-state index in [4.69, 9.17) is 6.85 Å². The van der Waals surface area contributed by atoms with E-state index in [2.05, 4.69) is 167 Å². The lowest BCUT2D eigenvalue weighted by molar-refractivity contribution is 1.18. The molecule has 0 bridgehead atoms. The average molecular weight is 776 g/mol. The highest BCUT2D eigenvalue weighted by Crippen LogP contribution is 2.44. The van der Waals surface area contributed by atoms with Gasteiger partial charge in [0.1, 0.15) is 5.00 Å². The zero-order valence-corrected chi connectivity index (χ0v) is 32.7. The summed E-state index contributed by atoms with van der Waals surface area (Å²) in [7, 11) is 0. The topological polar surface area (TPSA) is 8.17 Å². The van der Waals surface area contributed by atoms with Crippen LogP contribution in [0.2, 0.25) is 0 Å². The van der Waals surface area contributed by atoms with Gasteiger partial charge in [-0.2, -0.15) is 0 Å². The number of anilines is 3. The molecule has 59 heavy (non-hydrogen) atoms. The summed E-state index contributed by atoms with van der Waals surface area (Å²) in [6, 6.07) is 68.5. The molecule has 11 aromatic rings. The van der Waals surface area contributed by atoms with Crippen molar-refractivity contribution in [2.75, 3.05) is 4.90 Å². The van der Waals surface area contributed by atoms with E-state index in [0.29, 0.717) is 5.56 Å². The number of rotatable bonds is 8. The van der Waals surface area contributed by atoms with E-state index in [9.17, 15) is 0 Å². The van der Waals surface area contributed by atoms with E-state index >= 15 is 0 Å². The number of fused-ring (bicyclic) bond motifs is 5. The number of benzene rings is 9. The largest absolute Gasteiger partial charge is 0.309 e. The Morgan fingerprint density at radius 2 is 0.966 bits per heavy atom. The minimum atomic E-state index is -0.401. The highest BCUT2D eigenvalue weighted by molar-refractivity contribution is 7.19. The van der Waals surface area contributed by atoms with E-state index < -0.39 is 6.04 Å². The molecule has 0 aliphatic heterocycles. The SMILES string of the molecule is [2H]c1c([2H])c([2H])c(-c2ccc(N(c3ccc(-c4ccccc4)cc3)c3ccc(-c4ccc(-c5ccc6c(c5)c5c7ccccc7ccc5n6-c5ccccc5)cc4)s3)cc2)c([2H])c1[2H]. The Labute approximate surface area is 355 Å². The molecule has 0 radical (unpaired) electrons. The van der Waals surface area contributed by atoms with Crippen molar-refractivity contribution in [2.24, 2.45) is 0 Å². The van der Waals surface area contributed by atoms with Crippen molar-refractivity contribution in [1.29, 1.82) is 0 Å². The highest BCUT2D eigenvalue weighted by Gasteiger charge is 2.18. The Morgan fingerprint density at radius 3 is 1.69 bits per heavy atom. The Hall–Kier alpha value is -7.46. The molecule has 278 valence electrons. The second kappa shape index (κ2) is 14.8. The van der Waals surface area contributed by atoms with Crippen LogP contribution >= 0.6 is 11.3 Å². The van der Waals surface area contributed by atoms with Gasteiger partial charge in [-0.3, -0.25) is 0 Å². The van der Waals surface area contributed by atoms with Crippen LogP contribution in [0, 0.1) is 0 Å². The Bertz CT molecular complexity index is 3500. The van der Waals surface area contributed by atoms with E-state index in [0.717, 1.165) is 54.8 Å². The molecular formula is C56H38N2S. The first kappa shape index (κ1) is 29.7. The van der Waals surface area contributed by atoms with E-state index in [1.807, 2.05) is 42.5 Å². The van der Waals surface area contributed by atoms with Crippen LogP contribution in [0.3, 0.4) is 0 Å². The summed E-state index contributed by atoms with van der Waals surface area (Å²) in [5.41, 5.74) is 11.7. The van der Waals surface area contributed by atoms with Crippen LogP contribution in [0.4, 0.5) is 16.4 Å². The third-order valence-corrected chi connectivity index (χ3v) is 12.3. The summed E-state index contributed by atoms with van der Waals surface area (Å²) in [6.45, 7) is 0. The summed E-state index contributed by atoms with van der Waals surface area (Å²) in [6.07, 6.45) is 0. The van der Waals surface area contributed by atoms with Crippen LogP contribution in [0.15, 0.2) is 230 Å². The van der Waals surface area contributed by atoms with Gasteiger partial charge < -0.3 is 9.47 Å². The van der Waals surface area contributed by atoms with Crippen LogP contribution in [-0.4, -0.2) is 4.57 Å². The normalized spacial score (nSPS) is 12.6. The third kappa shape index (κ3) is 6.39. The second-order valence-corrected chi connectivity index (χ2v) is 15.7. The number of para-hydroxylation sites is 1.